The van der Waals surface area contributed by atoms with Gasteiger partial charge >= 0.3 is 5.97 Å². The lowest BCUT2D eigenvalue weighted by Crippen LogP contribution is -2.20. The van der Waals surface area contributed by atoms with Crippen LogP contribution in [0.5, 0.6) is 0 Å². The number of hydrogen-bond donors (Lipinski definition) is 1. The van der Waals surface area contributed by atoms with Crippen molar-refractivity contribution in [2.75, 3.05) is 0 Å². The molecule has 0 saturated carbocycles. The lowest BCUT2D eigenvalue weighted by atomic mass is 10.1. The van der Waals surface area contributed by atoms with E-state index in [9.17, 15) is 14.7 Å². The summed E-state index contributed by atoms with van der Waals surface area (Å²) in [6.45, 7) is 0.532. The summed E-state index contributed by atoms with van der Waals surface area (Å²) in [5.74, 6) is 0.926. The quantitative estimate of drug-likeness (QED) is 0.459. The van der Waals surface area contributed by atoms with E-state index >= 15 is 0 Å². The Hall–Kier alpha value is -3.45. The highest BCUT2D eigenvalue weighted by Crippen LogP contribution is 2.30. The van der Waals surface area contributed by atoms with Gasteiger partial charge in [0.05, 0.1) is 16.5 Å². The topological polar surface area (TPSA) is 85.3 Å². The zero-order valence-corrected chi connectivity index (χ0v) is 17.2. The lowest BCUT2D eigenvalue weighted by molar-refractivity contribution is 0.0697. The molecule has 4 aromatic rings. The SMILES string of the molecule is O=C(O)c1ccc2c(=O)n3c(nc2c1)/C(=C/c1ccc(-c2ccc(Br)cc2)o1)CC3. The van der Waals surface area contributed by atoms with Crippen LogP contribution < -0.4 is 5.56 Å². The third-order valence-corrected chi connectivity index (χ3v) is 5.69. The Morgan fingerprint density at radius 2 is 1.93 bits per heavy atom. The fourth-order valence-corrected chi connectivity index (χ4v) is 3.92. The van der Waals surface area contributed by atoms with Gasteiger partial charge in [0.2, 0.25) is 0 Å². The van der Waals surface area contributed by atoms with Gasteiger partial charge in [0.15, 0.2) is 0 Å². The summed E-state index contributed by atoms with van der Waals surface area (Å²) >= 11 is 3.42. The first-order valence-corrected chi connectivity index (χ1v) is 10.1. The standard InChI is InChI=1S/C23H15BrN2O4/c24-16-4-1-13(2-5-16)20-8-6-17(30-20)11-14-9-10-26-21(14)25-19-12-15(23(28)29)3-7-18(19)22(26)27/h1-8,11-12H,9-10H2,(H,28,29)/b14-11+. The summed E-state index contributed by atoms with van der Waals surface area (Å²) in [5, 5.41) is 9.64. The normalized spacial score (nSPS) is 14.4. The predicted octanol–water partition coefficient (Wildman–Crippen LogP) is 5.06. The van der Waals surface area contributed by atoms with Gasteiger partial charge in [-0.25, -0.2) is 9.78 Å². The monoisotopic (exact) mass is 462 g/mol. The molecule has 0 saturated heterocycles. The molecule has 2 aromatic heterocycles. The molecule has 0 amide bonds. The molecule has 5 rings (SSSR count). The zero-order valence-electron chi connectivity index (χ0n) is 15.6. The van der Waals surface area contributed by atoms with Crippen LogP contribution in [0.1, 0.15) is 28.4 Å². The number of aromatic nitrogens is 2. The van der Waals surface area contributed by atoms with E-state index in [1.54, 1.807) is 4.57 Å². The molecule has 1 N–H and O–H groups in total. The Bertz CT molecular complexity index is 1400. The number of aromatic carboxylic acids is 1. The van der Waals surface area contributed by atoms with Gasteiger partial charge in [-0.2, -0.15) is 0 Å². The van der Waals surface area contributed by atoms with Crippen LogP contribution in [-0.2, 0) is 6.54 Å². The summed E-state index contributed by atoms with van der Waals surface area (Å²) in [6.07, 6.45) is 2.54. The van der Waals surface area contributed by atoms with Gasteiger partial charge < -0.3 is 9.52 Å². The highest BCUT2D eigenvalue weighted by Gasteiger charge is 2.22. The van der Waals surface area contributed by atoms with Gasteiger partial charge in [-0.15, -0.1) is 0 Å². The number of nitrogens with zero attached hydrogens (tertiary/aromatic N) is 2. The van der Waals surface area contributed by atoms with Gasteiger partial charge in [0.25, 0.3) is 5.56 Å². The van der Waals surface area contributed by atoms with Crippen molar-refractivity contribution in [3.63, 3.8) is 0 Å². The minimum atomic E-state index is -1.05. The molecular formula is C23H15BrN2O4. The number of allylic oxidation sites excluding steroid dienone is 1. The van der Waals surface area contributed by atoms with Gasteiger partial charge in [-0.1, -0.05) is 28.1 Å². The highest BCUT2D eigenvalue weighted by atomic mass is 79.9. The molecule has 0 atom stereocenters. The van der Waals surface area contributed by atoms with Crippen LogP contribution >= 0.6 is 15.9 Å². The van der Waals surface area contributed by atoms with Crippen molar-refractivity contribution in [1.29, 1.82) is 0 Å². The van der Waals surface area contributed by atoms with Crippen LogP contribution in [0.3, 0.4) is 0 Å². The van der Waals surface area contributed by atoms with E-state index in [0.29, 0.717) is 35.5 Å². The number of carboxylic acid groups (broad SMARTS) is 1. The summed E-state index contributed by atoms with van der Waals surface area (Å²) in [7, 11) is 0. The Labute approximate surface area is 179 Å². The second-order valence-electron chi connectivity index (χ2n) is 7.06. The number of furan rings is 1. The first-order valence-electron chi connectivity index (χ1n) is 9.34. The van der Waals surface area contributed by atoms with E-state index in [4.69, 9.17) is 4.42 Å². The van der Waals surface area contributed by atoms with Crippen LogP contribution in [0.4, 0.5) is 0 Å². The van der Waals surface area contributed by atoms with Crippen LogP contribution in [-0.4, -0.2) is 20.6 Å². The fourth-order valence-electron chi connectivity index (χ4n) is 3.66. The van der Waals surface area contributed by atoms with Crippen molar-refractivity contribution in [3.05, 3.63) is 86.6 Å². The van der Waals surface area contributed by atoms with Gasteiger partial charge in [0.1, 0.15) is 17.3 Å². The van der Waals surface area contributed by atoms with Crippen molar-refractivity contribution in [1.82, 2.24) is 9.55 Å². The van der Waals surface area contributed by atoms with Gasteiger partial charge in [0, 0.05) is 22.2 Å². The molecule has 0 radical (unpaired) electrons. The van der Waals surface area contributed by atoms with E-state index < -0.39 is 5.97 Å². The average molecular weight is 463 g/mol. The summed E-state index contributed by atoms with van der Waals surface area (Å²) in [6, 6.07) is 16.0. The largest absolute Gasteiger partial charge is 0.478 e. The van der Waals surface area contributed by atoms with E-state index in [0.717, 1.165) is 21.4 Å². The van der Waals surface area contributed by atoms with Crippen LogP contribution in [0.25, 0.3) is 33.9 Å². The molecule has 0 fully saturated rings. The number of hydrogen-bond acceptors (Lipinski definition) is 4. The molecule has 6 nitrogen and oxygen atoms in total. The molecule has 7 heteroatoms. The van der Waals surface area contributed by atoms with E-state index in [1.165, 1.54) is 18.2 Å². The predicted molar refractivity (Wildman–Crippen MR) is 117 cm³/mol. The van der Waals surface area contributed by atoms with Crippen molar-refractivity contribution in [2.45, 2.75) is 13.0 Å². The van der Waals surface area contributed by atoms with Crippen molar-refractivity contribution in [3.8, 4) is 11.3 Å². The third kappa shape index (κ3) is 3.17. The molecule has 1 aliphatic heterocycles. The smallest absolute Gasteiger partial charge is 0.335 e. The maximum atomic E-state index is 12.8. The van der Waals surface area contributed by atoms with Crippen molar-refractivity contribution < 1.29 is 14.3 Å². The molecule has 0 spiro atoms. The Morgan fingerprint density at radius 3 is 2.70 bits per heavy atom. The maximum absolute atomic E-state index is 12.8. The fraction of sp³-hybridized carbons (Fsp3) is 0.0870. The second-order valence-corrected chi connectivity index (χ2v) is 7.97. The highest BCUT2D eigenvalue weighted by molar-refractivity contribution is 9.10. The first kappa shape index (κ1) is 18.6. The Morgan fingerprint density at radius 1 is 1.13 bits per heavy atom. The molecular weight excluding hydrogens is 448 g/mol. The zero-order chi connectivity index (χ0) is 20.8. The number of benzene rings is 2. The number of rotatable bonds is 3. The molecule has 0 bridgehead atoms. The lowest BCUT2D eigenvalue weighted by Gasteiger charge is -2.06. The van der Waals surface area contributed by atoms with Gasteiger partial charge in [-0.3, -0.25) is 9.36 Å². The van der Waals surface area contributed by atoms with Gasteiger partial charge in [-0.05, 0) is 55.0 Å². The molecule has 0 aliphatic carbocycles. The first-order chi connectivity index (χ1) is 14.5. The summed E-state index contributed by atoms with van der Waals surface area (Å²) in [5.41, 5.74) is 2.18. The van der Waals surface area contributed by atoms with Crippen LogP contribution in [0.2, 0.25) is 0 Å². The number of halogens is 1. The second kappa shape index (κ2) is 7.11. The molecule has 148 valence electrons. The van der Waals surface area contributed by atoms with E-state index in [-0.39, 0.29) is 11.1 Å². The number of fused-ring (bicyclic) bond motifs is 2. The molecule has 1 aliphatic rings. The third-order valence-electron chi connectivity index (χ3n) is 5.17. The Kier molecular flexibility index (Phi) is 4.40. The minimum Gasteiger partial charge on any atom is -0.478 e. The average Bonchev–Trinajstić information content (AvgIpc) is 3.36. The molecule has 0 unspecified atom stereocenters. The molecule has 2 aromatic carbocycles. The van der Waals surface area contributed by atoms with Crippen molar-refractivity contribution >= 4 is 44.5 Å². The molecule has 30 heavy (non-hydrogen) atoms. The maximum Gasteiger partial charge on any atom is 0.335 e. The van der Waals surface area contributed by atoms with E-state index in [2.05, 4.69) is 20.9 Å². The summed E-state index contributed by atoms with van der Waals surface area (Å²) in [4.78, 5) is 28.7. The van der Waals surface area contributed by atoms with E-state index in [1.807, 2.05) is 42.5 Å². The van der Waals surface area contributed by atoms with Crippen molar-refractivity contribution in [2.24, 2.45) is 0 Å². The summed E-state index contributed by atoms with van der Waals surface area (Å²) < 4.78 is 8.60. The number of carbonyl (C=O) groups is 1. The van der Waals surface area contributed by atoms with Crippen LogP contribution in [0, 0.1) is 0 Å². The number of carboxylic acids is 1. The Balaban J connectivity index is 1.56. The minimum absolute atomic E-state index is 0.105. The van der Waals surface area contributed by atoms with Crippen LogP contribution in [0.15, 0.2) is 68.3 Å². The molecule has 3 heterocycles.